The Morgan fingerprint density at radius 2 is 1.81 bits per heavy atom. The highest BCUT2D eigenvalue weighted by Crippen LogP contribution is 2.14. The molecule has 2 atom stereocenters. The van der Waals surface area contributed by atoms with Crippen LogP contribution in [0.5, 0.6) is 0 Å². The second-order valence-corrected chi connectivity index (χ2v) is 6.07. The van der Waals surface area contributed by atoms with E-state index in [0.29, 0.717) is 6.42 Å². The molecular formula is C16H23NO4. The number of carbonyl (C=O) groups is 2. The predicted molar refractivity (Wildman–Crippen MR) is 80.1 cm³/mol. The quantitative estimate of drug-likeness (QED) is 0.875. The SMILES string of the molecule is CC(NC(=O)OC(C)(C)C)C(Cc1ccccc1)C(=O)O. The maximum atomic E-state index is 11.7. The van der Waals surface area contributed by atoms with Gasteiger partial charge in [-0.25, -0.2) is 4.79 Å². The van der Waals surface area contributed by atoms with Crippen molar-refractivity contribution in [2.24, 2.45) is 5.92 Å². The van der Waals surface area contributed by atoms with Gasteiger partial charge in [-0.2, -0.15) is 0 Å². The molecule has 0 spiro atoms. The molecule has 0 aliphatic heterocycles. The lowest BCUT2D eigenvalue weighted by Crippen LogP contribution is -2.44. The molecule has 0 aliphatic rings. The first-order valence-corrected chi connectivity index (χ1v) is 6.95. The molecule has 1 rings (SSSR count). The number of carboxylic acids is 1. The highest BCUT2D eigenvalue weighted by atomic mass is 16.6. The van der Waals surface area contributed by atoms with E-state index >= 15 is 0 Å². The fourth-order valence-corrected chi connectivity index (χ4v) is 1.94. The summed E-state index contributed by atoms with van der Waals surface area (Å²) in [4.78, 5) is 23.1. The second-order valence-electron chi connectivity index (χ2n) is 6.07. The average molecular weight is 293 g/mol. The Bertz CT molecular complexity index is 479. The summed E-state index contributed by atoms with van der Waals surface area (Å²) in [6.45, 7) is 6.95. The number of nitrogens with one attached hydrogen (secondary N) is 1. The summed E-state index contributed by atoms with van der Waals surface area (Å²) in [6.07, 6.45) is -0.248. The molecule has 0 saturated carbocycles. The topological polar surface area (TPSA) is 75.6 Å². The van der Waals surface area contributed by atoms with Gasteiger partial charge in [-0.15, -0.1) is 0 Å². The Morgan fingerprint density at radius 1 is 1.24 bits per heavy atom. The Kier molecular flexibility index (Phi) is 5.76. The monoisotopic (exact) mass is 293 g/mol. The summed E-state index contributed by atoms with van der Waals surface area (Å²) in [7, 11) is 0. The van der Waals surface area contributed by atoms with Crippen molar-refractivity contribution in [3.63, 3.8) is 0 Å². The van der Waals surface area contributed by atoms with Gasteiger partial charge >= 0.3 is 12.1 Å². The van der Waals surface area contributed by atoms with Gasteiger partial charge < -0.3 is 15.2 Å². The van der Waals surface area contributed by atoms with Gasteiger partial charge in [-0.3, -0.25) is 4.79 Å². The first kappa shape index (κ1) is 17.0. The van der Waals surface area contributed by atoms with Gasteiger partial charge in [-0.05, 0) is 39.7 Å². The molecule has 5 nitrogen and oxygen atoms in total. The number of hydrogen-bond donors (Lipinski definition) is 2. The van der Waals surface area contributed by atoms with Gasteiger partial charge in [0, 0.05) is 6.04 Å². The highest BCUT2D eigenvalue weighted by molar-refractivity contribution is 5.74. The largest absolute Gasteiger partial charge is 0.481 e. The zero-order valence-corrected chi connectivity index (χ0v) is 12.9. The molecule has 1 aromatic rings. The molecule has 0 saturated heterocycles. The van der Waals surface area contributed by atoms with E-state index in [4.69, 9.17) is 4.74 Å². The molecule has 0 heterocycles. The number of aliphatic carboxylic acids is 1. The third-order valence-electron chi connectivity index (χ3n) is 2.96. The Morgan fingerprint density at radius 3 is 2.29 bits per heavy atom. The van der Waals surface area contributed by atoms with Crippen LogP contribution in [0.2, 0.25) is 0 Å². The zero-order chi connectivity index (χ0) is 16.0. The van der Waals surface area contributed by atoms with Crippen LogP contribution in [0.1, 0.15) is 33.3 Å². The van der Waals surface area contributed by atoms with Crippen LogP contribution in [-0.2, 0) is 16.0 Å². The van der Waals surface area contributed by atoms with E-state index in [0.717, 1.165) is 5.56 Å². The van der Waals surface area contributed by atoms with Crippen molar-refractivity contribution in [2.75, 3.05) is 0 Å². The van der Waals surface area contributed by atoms with Crippen LogP contribution >= 0.6 is 0 Å². The van der Waals surface area contributed by atoms with Gasteiger partial charge in [0.15, 0.2) is 0 Å². The number of benzene rings is 1. The molecule has 0 aromatic heterocycles. The number of alkyl carbamates (subject to hydrolysis) is 1. The van der Waals surface area contributed by atoms with E-state index in [9.17, 15) is 14.7 Å². The minimum Gasteiger partial charge on any atom is -0.481 e. The lowest BCUT2D eigenvalue weighted by Gasteiger charge is -2.25. The first-order chi connectivity index (χ1) is 9.69. The van der Waals surface area contributed by atoms with E-state index in [1.54, 1.807) is 27.7 Å². The van der Waals surface area contributed by atoms with Crippen LogP contribution in [0, 0.1) is 5.92 Å². The lowest BCUT2D eigenvalue weighted by atomic mass is 9.93. The van der Waals surface area contributed by atoms with Crippen LogP contribution in [0.25, 0.3) is 0 Å². The number of amides is 1. The molecule has 5 heteroatoms. The molecule has 0 fully saturated rings. The number of carbonyl (C=O) groups excluding carboxylic acids is 1. The predicted octanol–water partition coefficient (Wildman–Crippen LogP) is 2.84. The average Bonchev–Trinajstić information content (AvgIpc) is 2.34. The molecule has 2 unspecified atom stereocenters. The van der Waals surface area contributed by atoms with Crippen LogP contribution < -0.4 is 5.32 Å². The number of rotatable bonds is 5. The molecule has 2 N–H and O–H groups in total. The van der Waals surface area contributed by atoms with Crippen LogP contribution in [0.3, 0.4) is 0 Å². The van der Waals surface area contributed by atoms with Crippen molar-refractivity contribution in [2.45, 2.75) is 45.8 Å². The Balaban J connectivity index is 2.68. The Hall–Kier alpha value is -2.04. The summed E-state index contributed by atoms with van der Waals surface area (Å²) in [6, 6.07) is 8.81. The molecule has 1 amide bonds. The minimum absolute atomic E-state index is 0.354. The van der Waals surface area contributed by atoms with Crippen molar-refractivity contribution >= 4 is 12.1 Å². The van der Waals surface area contributed by atoms with Crippen LogP contribution in [-0.4, -0.2) is 28.8 Å². The summed E-state index contributed by atoms with van der Waals surface area (Å²) in [5.74, 6) is -1.65. The highest BCUT2D eigenvalue weighted by Gasteiger charge is 2.27. The zero-order valence-electron chi connectivity index (χ0n) is 12.9. The lowest BCUT2D eigenvalue weighted by molar-refractivity contribution is -0.142. The maximum Gasteiger partial charge on any atom is 0.407 e. The van der Waals surface area contributed by atoms with Crippen molar-refractivity contribution in [1.82, 2.24) is 5.32 Å². The van der Waals surface area contributed by atoms with Crippen molar-refractivity contribution in [1.29, 1.82) is 0 Å². The fourth-order valence-electron chi connectivity index (χ4n) is 1.94. The van der Waals surface area contributed by atoms with Crippen LogP contribution in [0.4, 0.5) is 4.79 Å². The van der Waals surface area contributed by atoms with E-state index in [1.807, 2.05) is 30.3 Å². The molecular weight excluding hydrogens is 270 g/mol. The van der Waals surface area contributed by atoms with E-state index < -0.39 is 29.6 Å². The molecule has 116 valence electrons. The normalized spacial score (nSPS) is 14.1. The number of hydrogen-bond acceptors (Lipinski definition) is 3. The maximum absolute atomic E-state index is 11.7. The standard InChI is InChI=1S/C16H23NO4/c1-11(17-15(20)21-16(2,3)4)13(14(18)19)10-12-8-6-5-7-9-12/h5-9,11,13H,10H2,1-4H3,(H,17,20)(H,18,19). The molecule has 0 aliphatic carbocycles. The van der Waals surface area contributed by atoms with Gasteiger partial charge in [0.1, 0.15) is 5.60 Å². The van der Waals surface area contributed by atoms with Crippen molar-refractivity contribution in [3.05, 3.63) is 35.9 Å². The van der Waals surface area contributed by atoms with Crippen molar-refractivity contribution in [3.8, 4) is 0 Å². The summed E-state index contributed by atoms with van der Waals surface area (Å²) in [5.41, 5.74) is 0.310. The van der Waals surface area contributed by atoms with Gasteiger partial charge in [0.2, 0.25) is 0 Å². The molecule has 21 heavy (non-hydrogen) atoms. The molecule has 0 bridgehead atoms. The fraction of sp³-hybridized carbons (Fsp3) is 0.500. The third kappa shape index (κ3) is 6.29. The van der Waals surface area contributed by atoms with E-state index in [-0.39, 0.29) is 0 Å². The summed E-state index contributed by atoms with van der Waals surface area (Å²) < 4.78 is 5.15. The van der Waals surface area contributed by atoms with E-state index in [1.165, 1.54) is 0 Å². The Labute approximate surface area is 125 Å². The van der Waals surface area contributed by atoms with E-state index in [2.05, 4.69) is 5.32 Å². The van der Waals surface area contributed by atoms with Crippen LogP contribution in [0.15, 0.2) is 30.3 Å². The van der Waals surface area contributed by atoms with Gasteiger partial charge in [0.25, 0.3) is 0 Å². The smallest absolute Gasteiger partial charge is 0.407 e. The van der Waals surface area contributed by atoms with Crippen molar-refractivity contribution < 1.29 is 19.4 Å². The summed E-state index contributed by atoms with van der Waals surface area (Å²) in [5, 5.41) is 12.0. The summed E-state index contributed by atoms with van der Waals surface area (Å²) >= 11 is 0. The minimum atomic E-state index is -0.942. The van der Waals surface area contributed by atoms with Gasteiger partial charge in [-0.1, -0.05) is 30.3 Å². The van der Waals surface area contributed by atoms with Gasteiger partial charge in [0.05, 0.1) is 5.92 Å². The molecule has 1 aromatic carbocycles. The number of ether oxygens (including phenoxy) is 1. The number of carboxylic acid groups (broad SMARTS) is 1. The first-order valence-electron chi connectivity index (χ1n) is 6.95. The molecule has 0 radical (unpaired) electrons. The second kappa shape index (κ2) is 7.11. The third-order valence-corrected chi connectivity index (χ3v) is 2.96.